The Morgan fingerprint density at radius 2 is 2.19 bits per heavy atom. The van der Waals surface area contributed by atoms with E-state index in [4.69, 9.17) is 0 Å². The second-order valence-electron chi connectivity index (χ2n) is 5.60. The van der Waals surface area contributed by atoms with Gasteiger partial charge in [-0.3, -0.25) is 0 Å². The first-order valence-electron chi connectivity index (χ1n) is 7.42. The van der Waals surface area contributed by atoms with Crippen LogP contribution in [0.5, 0.6) is 0 Å². The molecule has 1 N–H and O–H groups in total. The number of halogens is 1. The van der Waals surface area contributed by atoms with Crippen molar-refractivity contribution in [2.45, 2.75) is 37.6 Å². The second kappa shape index (κ2) is 7.22. The van der Waals surface area contributed by atoms with Crippen molar-refractivity contribution in [3.05, 3.63) is 28.2 Å². The molecule has 0 saturated carbocycles. The lowest BCUT2D eigenvalue weighted by Crippen LogP contribution is -2.29. The van der Waals surface area contributed by atoms with Crippen LogP contribution in [0.3, 0.4) is 0 Å². The zero-order valence-electron chi connectivity index (χ0n) is 12.6. The largest absolute Gasteiger partial charge is 0.316 e. The highest BCUT2D eigenvalue weighted by Crippen LogP contribution is 2.31. The SMILES string of the molecule is CCCC1CCN(S(=O)(=O)c2cc(CNC)ccc2Br)C1. The van der Waals surface area contributed by atoms with E-state index < -0.39 is 10.0 Å². The number of nitrogens with one attached hydrogen (secondary N) is 1. The fourth-order valence-electron chi connectivity index (χ4n) is 2.86. The van der Waals surface area contributed by atoms with Crippen molar-refractivity contribution >= 4 is 26.0 Å². The van der Waals surface area contributed by atoms with Crippen molar-refractivity contribution in [1.29, 1.82) is 0 Å². The highest BCUT2D eigenvalue weighted by atomic mass is 79.9. The molecule has 0 bridgehead atoms. The van der Waals surface area contributed by atoms with E-state index in [1.54, 1.807) is 10.4 Å². The van der Waals surface area contributed by atoms with E-state index in [2.05, 4.69) is 28.2 Å². The first-order valence-corrected chi connectivity index (χ1v) is 9.65. The van der Waals surface area contributed by atoms with Gasteiger partial charge in [0.1, 0.15) is 0 Å². The van der Waals surface area contributed by atoms with Gasteiger partial charge in [-0.15, -0.1) is 0 Å². The predicted molar refractivity (Wildman–Crippen MR) is 88.7 cm³/mol. The van der Waals surface area contributed by atoms with Crippen LogP contribution in [-0.2, 0) is 16.6 Å². The molecular formula is C15H23BrN2O2S. The number of hydrogen-bond acceptors (Lipinski definition) is 3. The van der Waals surface area contributed by atoms with Crippen molar-refractivity contribution < 1.29 is 8.42 Å². The number of hydrogen-bond donors (Lipinski definition) is 1. The molecule has 6 heteroatoms. The average molecular weight is 375 g/mol. The van der Waals surface area contributed by atoms with Crippen molar-refractivity contribution in [1.82, 2.24) is 9.62 Å². The summed E-state index contributed by atoms with van der Waals surface area (Å²) in [6.45, 7) is 4.10. The molecule has 21 heavy (non-hydrogen) atoms. The minimum Gasteiger partial charge on any atom is -0.316 e. The van der Waals surface area contributed by atoms with Crippen LogP contribution < -0.4 is 5.32 Å². The highest BCUT2D eigenvalue weighted by Gasteiger charge is 2.33. The summed E-state index contributed by atoms with van der Waals surface area (Å²) in [5.41, 5.74) is 0.976. The Morgan fingerprint density at radius 3 is 2.86 bits per heavy atom. The maximum atomic E-state index is 12.8. The Kier molecular flexibility index (Phi) is 5.82. The van der Waals surface area contributed by atoms with Crippen LogP contribution in [-0.4, -0.2) is 32.9 Å². The fraction of sp³-hybridized carbons (Fsp3) is 0.600. The standard InChI is InChI=1S/C15H23BrN2O2S/c1-3-4-12-7-8-18(11-12)21(19,20)15-9-13(10-17-2)5-6-14(15)16/h5-6,9,12,17H,3-4,7-8,10-11H2,1-2H3. The number of benzene rings is 1. The quantitative estimate of drug-likeness (QED) is 0.832. The van der Waals surface area contributed by atoms with E-state index in [1.165, 1.54) is 0 Å². The molecule has 1 fully saturated rings. The van der Waals surface area contributed by atoms with Gasteiger partial charge in [0.05, 0.1) is 4.90 Å². The summed E-state index contributed by atoms with van der Waals surface area (Å²) in [6, 6.07) is 5.52. The van der Waals surface area contributed by atoms with Gasteiger partial charge in [-0.1, -0.05) is 19.4 Å². The van der Waals surface area contributed by atoms with Crippen LogP contribution in [0.2, 0.25) is 0 Å². The van der Waals surface area contributed by atoms with Gasteiger partial charge in [0.25, 0.3) is 0 Å². The monoisotopic (exact) mass is 374 g/mol. The highest BCUT2D eigenvalue weighted by molar-refractivity contribution is 9.10. The van der Waals surface area contributed by atoms with Crippen LogP contribution >= 0.6 is 15.9 Å². The summed E-state index contributed by atoms with van der Waals surface area (Å²) in [7, 11) is -1.55. The summed E-state index contributed by atoms with van der Waals surface area (Å²) in [4.78, 5) is 0.382. The van der Waals surface area contributed by atoms with Gasteiger partial charge in [0, 0.05) is 24.1 Å². The van der Waals surface area contributed by atoms with Gasteiger partial charge < -0.3 is 5.32 Å². The Labute approximate surface area is 136 Å². The third-order valence-electron chi connectivity index (χ3n) is 3.94. The fourth-order valence-corrected chi connectivity index (χ4v) is 5.36. The van der Waals surface area contributed by atoms with Crippen LogP contribution in [0.25, 0.3) is 0 Å². The minimum atomic E-state index is -3.40. The van der Waals surface area contributed by atoms with Crippen LogP contribution in [0.15, 0.2) is 27.6 Å². The molecule has 2 rings (SSSR count). The molecule has 0 aliphatic carbocycles. The topological polar surface area (TPSA) is 49.4 Å². The molecule has 0 aromatic heterocycles. The van der Waals surface area contributed by atoms with Crippen LogP contribution in [0.4, 0.5) is 0 Å². The molecular weight excluding hydrogens is 352 g/mol. The summed E-state index contributed by atoms with van der Waals surface area (Å²) in [5, 5.41) is 3.05. The van der Waals surface area contributed by atoms with Crippen molar-refractivity contribution in [2.24, 2.45) is 5.92 Å². The maximum absolute atomic E-state index is 12.8. The zero-order valence-corrected chi connectivity index (χ0v) is 15.0. The summed E-state index contributed by atoms with van der Waals surface area (Å²) < 4.78 is 27.9. The molecule has 1 saturated heterocycles. The Hall–Kier alpha value is -0.430. The van der Waals surface area contributed by atoms with E-state index in [-0.39, 0.29) is 0 Å². The first-order chi connectivity index (χ1) is 9.98. The summed E-state index contributed by atoms with van der Waals surface area (Å²) >= 11 is 3.38. The minimum absolute atomic E-state index is 0.382. The molecule has 1 atom stereocenters. The lowest BCUT2D eigenvalue weighted by molar-refractivity contribution is 0.444. The Balaban J connectivity index is 2.25. The van der Waals surface area contributed by atoms with Gasteiger partial charge in [0.2, 0.25) is 10.0 Å². The molecule has 0 spiro atoms. The molecule has 1 heterocycles. The van der Waals surface area contributed by atoms with Crippen LogP contribution in [0, 0.1) is 5.92 Å². The molecule has 1 aromatic carbocycles. The van der Waals surface area contributed by atoms with Gasteiger partial charge >= 0.3 is 0 Å². The van der Waals surface area contributed by atoms with Gasteiger partial charge in [-0.2, -0.15) is 4.31 Å². The van der Waals surface area contributed by atoms with E-state index in [0.717, 1.165) is 24.8 Å². The average Bonchev–Trinajstić information content (AvgIpc) is 2.91. The Bertz CT molecular complexity index is 589. The number of sulfonamides is 1. The van der Waals surface area contributed by atoms with Crippen molar-refractivity contribution in [2.75, 3.05) is 20.1 Å². The zero-order chi connectivity index (χ0) is 15.5. The number of nitrogens with zero attached hydrogens (tertiary/aromatic N) is 1. The normalized spacial score (nSPS) is 20.0. The predicted octanol–water partition coefficient (Wildman–Crippen LogP) is 2.98. The van der Waals surface area contributed by atoms with Gasteiger partial charge in [-0.25, -0.2) is 8.42 Å². The molecule has 4 nitrogen and oxygen atoms in total. The number of rotatable bonds is 6. The van der Waals surface area contributed by atoms with Crippen molar-refractivity contribution in [3.8, 4) is 0 Å². The smallest absolute Gasteiger partial charge is 0.244 e. The molecule has 118 valence electrons. The Morgan fingerprint density at radius 1 is 1.43 bits per heavy atom. The lowest BCUT2D eigenvalue weighted by Gasteiger charge is -2.18. The van der Waals surface area contributed by atoms with Crippen LogP contribution in [0.1, 0.15) is 31.7 Å². The third-order valence-corrected chi connectivity index (χ3v) is 6.80. The second-order valence-corrected chi connectivity index (χ2v) is 8.36. The third kappa shape index (κ3) is 3.86. The van der Waals surface area contributed by atoms with E-state index in [0.29, 0.717) is 34.9 Å². The molecule has 1 aliphatic rings. The lowest BCUT2D eigenvalue weighted by atomic mass is 10.0. The molecule has 1 unspecified atom stereocenters. The molecule has 1 aliphatic heterocycles. The van der Waals surface area contributed by atoms with E-state index >= 15 is 0 Å². The maximum Gasteiger partial charge on any atom is 0.244 e. The summed E-state index contributed by atoms with van der Waals surface area (Å²) in [6.07, 6.45) is 3.19. The van der Waals surface area contributed by atoms with E-state index in [1.807, 2.05) is 19.2 Å². The van der Waals surface area contributed by atoms with Gasteiger partial charge in [-0.05, 0) is 59.4 Å². The summed E-state index contributed by atoms with van der Waals surface area (Å²) in [5.74, 6) is 0.504. The van der Waals surface area contributed by atoms with E-state index in [9.17, 15) is 8.42 Å². The first kappa shape index (κ1) is 16.9. The molecule has 0 radical (unpaired) electrons. The molecule has 1 aromatic rings. The molecule has 0 amide bonds. The van der Waals surface area contributed by atoms with Crippen molar-refractivity contribution in [3.63, 3.8) is 0 Å². The van der Waals surface area contributed by atoms with Gasteiger partial charge in [0.15, 0.2) is 0 Å².